The second-order valence-electron chi connectivity index (χ2n) is 6.63. The van der Waals surface area contributed by atoms with E-state index in [4.69, 9.17) is 4.43 Å². The summed E-state index contributed by atoms with van der Waals surface area (Å²) >= 11 is -1.32. The molecule has 0 bridgehead atoms. The standard InChI is InChI=1S/C13H28FNO2SSi/c1-10(2)17-19(7,8)9-12(11(3)14)15-18(16)13(4,5)6/h10,12,15H,3,9H2,1-2,4-8H3/t12-,18+/m1/s1. The van der Waals surface area contributed by atoms with Gasteiger partial charge in [0.05, 0.1) is 0 Å². The van der Waals surface area contributed by atoms with Crippen LogP contribution in [0.3, 0.4) is 0 Å². The van der Waals surface area contributed by atoms with Crippen molar-refractivity contribution < 1.29 is 13.4 Å². The highest BCUT2D eigenvalue weighted by molar-refractivity contribution is 7.90. The van der Waals surface area contributed by atoms with Crippen LogP contribution in [0.25, 0.3) is 0 Å². The Hall–Kier alpha value is 0.117. The Bertz CT molecular complexity index is 306. The molecule has 0 aromatic rings. The molecule has 3 nitrogen and oxygen atoms in total. The second kappa shape index (κ2) is 7.22. The van der Waals surface area contributed by atoms with E-state index in [9.17, 15) is 8.94 Å². The van der Waals surface area contributed by atoms with Crippen LogP contribution in [0.1, 0.15) is 34.6 Å². The van der Waals surface area contributed by atoms with Gasteiger partial charge in [-0.1, -0.05) is 6.58 Å². The summed E-state index contributed by atoms with van der Waals surface area (Å²) in [6.07, 6.45) is 0.114. The smallest absolute Gasteiger partial charge is 0.189 e. The zero-order chi connectivity index (χ0) is 15.4. The quantitative estimate of drug-likeness (QED) is 0.578. The maximum Gasteiger partial charge on any atom is 0.189 e. The van der Waals surface area contributed by atoms with Gasteiger partial charge < -0.3 is 8.98 Å². The molecule has 0 radical (unpaired) electrons. The van der Waals surface area contributed by atoms with E-state index in [0.29, 0.717) is 6.04 Å². The lowest BCUT2D eigenvalue weighted by atomic mass is 10.3. The summed E-state index contributed by atoms with van der Waals surface area (Å²) in [4.78, 5) is 0. The third kappa shape index (κ3) is 8.09. The Morgan fingerprint density at radius 1 is 1.42 bits per heavy atom. The maximum absolute atomic E-state index is 13.6. The molecule has 1 N–H and O–H groups in total. The second-order valence-corrected chi connectivity index (χ2v) is 12.8. The molecule has 0 aromatic heterocycles. The normalized spacial score (nSPS) is 16.5. The molecule has 0 amide bonds. The number of nitrogens with one attached hydrogen (secondary N) is 1. The summed E-state index contributed by atoms with van der Waals surface area (Å²) in [6, 6.07) is -0.0945. The predicted molar refractivity (Wildman–Crippen MR) is 83.6 cm³/mol. The minimum absolute atomic E-state index is 0.114. The van der Waals surface area contributed by atoms with Crippen molar-refractivity contribution >= 4 is 19.7 Å². The zero-order valence-electron chi connectivity index (χ0n) is 13.2. The molecular weight excluding hydrogens is 281 g/mol. The van der Waals surface area contributed by atoms with E-state index in [0.717, 1.165) is 0 Å². The SMILES string of the molecule is C=C(F)[C@@H](C[Si](C)(C)OC(C)C)N[S@@+]([O-])C(C)(C)C. The van der Waals surface area contributed by atoms with Gasteiger partial charge in [0.1, 0.15) is 16.6 Å². The average Bonchev–Trinajstić information content (AvgIpc) is 2.11. The molecular formula is C13H28FNO2SSi. The van der Waals surface area contributed by atoms with E-state index in [-0.39, 0.29) is 6.10 Å². The van der Waals surface area contributed by atoms with Gasteiger partial charge in [-0.2, -0.15) is 0 Å². The van der Waals surface area contributed by atoms with Gasteiger partial charge in [-0.25, -0.2) is 4.39 Å². The van der Waals surface area contributed by atoms with Crippen LogP contribution in [0, 0.1) is 0 Å². The van der Waals surface area contributed by atoms with Crippen LogP contribution in [0.2, 0.25) is 19.1 Å². The van der Waals surface area contributed by atoms with E-state index in [2.05, 4.69) is 11.3 Å². The maximum atomic E-state index is 13.6. The van der Waals surface area contributed by atoms with Crippen molar-refractivity contribution in [3.8, 4) is 0 Å². The summed E-state index contributed by atoms with van der Waals surface area (Å²) in [7, 11) is -2.02. The third-order valence-corrected chi connectivity index (χ3v) is 6.55. The third-order valence-electron chi connectivity index (χ3n) is 2.43. The molecule has 0 heterocycles. The van der Waals surface area contributed by atoms with Crippen molar-refractivity contribution in [3.05, 3.63) is 12.4 Å². The van der Waals surface area contributed by atoms with Gasteiger partial charge in [-0.05, 0) is 53.8 Å². The largest absolute Gasteiger partial charge is 0.598 e. The van der Waals surface area contributed by atoms with Crippen molar-refractivity contribution in [2.75, 3.05) is 0 Å². The van der Waals surface area contributed by atoms with E-state index in [1.807, 2.05) is 47.7 Å². The Labute approximate surface area is 121 Å². The lowest BCUT2D eigenvalue weighted by molar-refractivity contribution is 0.229. The molecule has 0 aromatic carbocycles. The van der Waals surface area contributed by atoms with Gasteiger partial charge >= 0.3 is 0 Å². The first-order valence-corrected chi connectivity index (χ1v) is 10.8. The van der Waals surface area contributed by atoms with Crippen LogP contribution in [-0.2, 0) is 15.8 Å². The predicted octanol–water partition coefficient (Wildman–Crippen LogP) is 3.52. The topological polar surface area (TPSA) is 44.3 Å². The van der Waals surface area contributed by atoms with E-state index in [1.54, 1.807) is 0 Å². The highest BCUT2D eigenvalue weighted by Crippen LogP contribution is 2.23. The van der Waals surface area contributed by atoms with Gasteiger partial charge in [-0.15, -0.1) is 4.72 Å². The summed E-state index contributed by atoms with van der Waals surface area (Å²) in [5.74, 6) is -0.481. The van der Waals surface area contributed by atoms with E-state index in [1.165, 1.54) is 0 Å². The van der Waals surface area contributed by atoms with Crippen molar-refractivity contribution in [1.82, 2.24) is 4.72 Å². The van der Waals surface area contributed by atoms with Crippen LogP contribution in [0.15, 0.2) is 12.4 Å². The number of rotatable bonds is 7. The van der Waals surface area contributed by atoms with Crippen LogP contribution in [0.4, 0.5) is 4.39 Å². The zero-order valence-corrected chi connectivity index (χ0v) is 15.0. The molecule has 0 spiro atoms. The minimum atomic E-state index is -2.02. The molecule has 0 saturated carbocycles. The summed E-state index contributed by atoms with van der Waals surface area (Å²) in [5, 5.41) is 0. The molecule has 0 fully saturated rings. The highest BCUT2D eigenvalue weighted by atomic mass is 32.2. The van der Waals surface area contributed by atoms with Gasteiger partial charge in [0, 0.05) is 17.5 Å². The lowest BCUT2D eigenvalue weighted by Gasteiger charge is -2.32. The van der Waals surface area contributed by atoms with Gasteiger partial charge in [-0.3, -0.25) is 0 Å². The number of halogens is 1. The lowest BCUT2D eigenvalue weighted by Crippen LogP contribution is -2.48. The first kappa shape index (κ1) is 19.1. The van der Waals surface area contributed by atoms with Crippen molar-refractivity contribution in [3.63, 3.8) is 0 Å². The molecule has 0 aliphatic carbocycles. The van der Waals surface area contributed by atoms with Gasteiger partial charge in [0.2, 0.25) is 0 Å². The Kier molecular flexibility index (Phi) is 7.26. The number of hydrogen-bond acceptors (Lipinski definition) is 3. The van der Waals surface area contributed by atoms with E-state index >= 15 is 0 Å². The van der Waals surface area contributed by atoms with Gasteiger partial charge in [0.15, 0.2) is 8.32 Å². The fourth-order valence-electron chi connectivity index (χ4n) is 1.70. The summed E-state index contributed by atoms with van der Waals surface area (Å²) in [5.41, 5.74) is 0. The van der Waals surface area contributed by atoms with Crippen LogP contribution >= 0.6 is 0 Å². The average molecular weight is 310 g/mol. The van der Waals surface area contributed by atoms with Crippen molar-refractivity contribution in [1.29, 1.82) is 0 Å². The fourth-order valence-corrected chi connectivity index (χ4v) is 5.35. The first-order valence-electron chi connectivity index (χ1n) is 6.55. The summed E-state index contributed by atoms with van der Waals surface area (Å²) < 4.78 is 33.9. The van der Waals surface area contributed by atoms with Crippen molar-refractivity contribution in [2.45, 2.75) is 70.6 Å². The first-order chi connectivity index (χ1) is 8.35. The molecule has 19 heavy (non-hydrogen) atoms. The molecule has 6 heteroatoms. The number of hydrogen-bond donors (Lipinski definition) is 1. The molecule has 0 rings (SSSR count). The van der Waals surface area contributed by atoms with Crippen molar-refractivity contribution in [2.24, 2.45) is 0 Å². The van der Waals surface area contributed by atoms with Crippen LogP contribution in [0.5, 0.6) is 0 Å². The van der Waals surface area contributed by atoms with E-state index < -0.39 is 36.3 Å². The minimum Gasteiger partial charge on any atom is -0.598 e. The summed E-state index contributed by atoms with van der Waals surface area (Å²) in [6.45, 7) is 16.9. The monoisotopic (exact) mass is 309 g/mol. The fraction of sp³-hybridized carbons (Fsp3) is 0.846. The highest BCUT2D eigenvalue weighted by Gasteiger charge is 2.35. The Balaban J connectivity index is 4.72. The molecule has 0 unspecified atom stereocenters. The molecule has 0 saturated heterocycles. The Morgan fingerprint density at radius 3 is 2.21 bits per heavy atom. The molecule has 114 valence electrons. The molecule has 2 atom stereocenters. The Morgan fingerprint density at radius 2 is 1.89 bits per heavy atom. The van der Waals surface area contributed by atoms with Crippen LogP contribution in [-0.4, -0.2) is 29.8 Å². The van der Waals surface area contributed by atoms with Gasteiger partial charge in [0.25, 0.3) is 0 Å². The van der Waals surface area contributed by atoms with Crippen LogP contribution < -0.4 is 4.72 Å². The molecule has 0 aliphatic heterocycles. The molecule has 0 aliphatic rings.